The molecule has 0 bridgehead atoms. The van der Waals surface area contributed by atoms with E-state index < -0.39 is 17.7 Å². The Balaban J connectivity index is 0.00000324. The molecule has 2 aliphatic heterocycles. The van der Waals surface area contributed by atoms with Gasteiger partial charge in [-0.15, -0.1) is 12.4 Å². The molecule has 2 aromatic rings. The van der Waals surface area contributed by atoms with Gasteiger partial charge in [0.1, 0.15) is 11.3 Å². The van der Waals surface area contributed by atoms with Crippen LogP contribution < -0.4 is 15.0 Å². The van der Waals surface area contributed by atoms with Gasteiger partial charge in [-0.25, -0.2) is 4.79 Å². The average molecular weight is 509 g/mol. The fourth-order valence-corrected chi connectivity index (χ4v) is 4.60. The first-order chi connectivity index (χ1) is 15.8. The third kappa shape index (κ3) is 5.25. The van der Waals surface area contributed by atoms with Gasteiger partial charge in [0.15, 0.2) is 0 Å². The highest BCUT2D eigenvalue weighted by Crippen LogP contribution is 2.30. The molecule has 2 heterocycles. The van der Waals surface area contributed by atoms with Crippen LogP contribution in [0.5, 0.6) is 5.75 Å². The quantitative estimate of drug-likeness (QED) is 0.559. The number of ether oxygens (including phenoxy) is 1. The summed E-state index contributed by atoms with van der Waals surface area (Å²) < 4.78 is 5.46. The summed E-state index contributed by atoms with van der Waals surface area (Å²) in [7, 11) is 1.67. The molecule has 2 fully saturated rings. The molecule has 0 radical (unpaired) electrons. The predicted octanol–water partition coefficient (Wildman–Crippen LogP) is 2.72. The summed E-state index contributed by atoms with van der Waals surface area (Å²) in [5, 5.41) is 14.0. The monoisotopic (exact) mass is 508 g/mol. The lowest BCUT2D eigenvalue weighted by atomic mass is 9.92. The number of carbonyl (C=O) groups excluding carboxylic acids is 2. The minimum Gasteiger partial charge on any atom is -0.495 e. The molecule has 2 aliphatic rings. The van der Waals surface area contributed by atoms with Gasteiger partial charge >= 0.3 is 6.03 Å². The number of halogens is 2. The number of rotatable bonds is 7. The van der Waals surface area contributed by atoms with Crippen molar-refractivity contribution in [1.29, 1.82) is 0 Å². The lowest BCUT2D eigenvalue weighted by molar-refractivity contribution is -0.132. The van der Waals surface area contributed by atoms with Crippen molar-refractivity contribution in [2.75, 3.05) is 51.3 Å². The Morgan fingerprint density at radius 2 is 1.71 bits per heavy atom. The lowest BCUT2D eigenvalue weighted by Gasteiger charge is -2.37. The van der Waals surface area contributed by atoms with Crippen molar-refractivity contribution < 1.29 is 19.4 Å². The van der Waals surface area contributed by atoms with E-state index in [1.165, 1.54) is 0 Å². The number of nitrogens with zero attached hydrogens (tertiary/aromatic N) is 3. The number of aliphatic hydroxyl groups is 1. The van der Waals surface area contributed by atoms with Crippen molar-refractivity contribution in [2.45, 2.75) is 18.6 Å². The van der Waals surface area contributed by atoms with Gasteiger partial charge in [0.25, 0.3) is 5.91 Å². The molecule has 0 aromatic heterocycles. The van der Waals surface area contributed by atoms with Gasteiger partial charge in [-0.3, -0.25) is 14.6 Å². The normalized spacial score (nSPS) is 21.8. The Labute approximate surface area is 210 Å². The molecule has 4 rings (SSSR count). The number of β-amino-alcohol motifs (C(OH)–C–C–N with tert-alkyl or cyclic N) is 1. The minimum atomic E-state index is -1.18. The molecule has 0 saturated carbocycles. The van der Waals surface area contributed by atoms with Crippen LogP contribution in [0, 0.1) is 0 Å². The molecule has 184 valence electrons. The Kier molecular flexibility index (Phi) is 8.30. The number of urea groups is 1. The van der Waals surface area contributed by atoms with Gasteiger partial charge in [0.2, 0.25) is 0 Å². The Morgan fingerprint density at radius 3 is 2.35 bits per heavy atom. The second-order valence-corrected chi connectivity index (χ2v) is 9.03. The number of nitrogens with one attached hydrogen (secondary N) is 1. The maximum Gasteiger partial charge on any atom is 0.325 e. The van der Waals surface area contributed by atoms with Crippen LogP contribution in [0.4, 0.5) is 10.5 Å². The number of hydrogen-bond acceptors (Lipinski definition) is 6. The predicted molar refractivity (Wildman–Crippen MR) is 134 cm³/mol. The molecule has 2 unspecified atom stereocenters. The van der Waals surface area contributed by atoms with Gasteiger partial charge in [-0.2, -0.15) is 0 Å². The summed E-state index contributed by atoms with van der Waals surface area (Å²) in [6.45, 7) is 5.11. The van der Waals surface area contributed by atoms with Crippen LogP contribution >= 0.6 is 24.0 Å². The Bertz CT molecular complexity index is 1010. The number of anilines is 1. The van der Waals surface area contributed by atoms with Crippen molar-refractivity contribution in [3.8, 4) is 5.75 Å². The van der Waals surface area contributed by atoms with Crippen LogP contribution in [0.15, 0.2) is 48.5 Å². The molecule has 0 aliphatic carbocycles. The van der Waals surface area contributed by atoms with E-state index in [4.69, 9.17) is 16.3 Å². The topological polar surface area (TPSA) is 85.3 Å². The molecule has 0 spiro atoms. The number of piperazine rings is 1. The molecule has 3 amide bonds. The highest BCUT2D eigenvalue weighted by Gasteiger charge is 2.49. The van der Waals surface area contributed by atoms with E-state index in [9.17, 15) is 14.7 Å². The van der Waals surface area contributed by atoms with Gasteiger partial charge in [0.05, 0.1) is 25.4 Å². The molecule has 8 nitrogen and oxygen atoms in total. The van der Waals surface area contributed by atoms with E-state index in [1.807, 2.05) is 24.3 Å². The van der Waals surface area contributed by atoms with Crippen molar-refractivity contribution in [3.63, 3.8) is 0 Å². The number of amides is 3. The Hall–Kier alpha value is -2.52. The van der Waals surface area contributed by atoms with Crippen LogP contribution in [0.1, 0.15) is 12.5 Å². The van der Waals surface area contributed by atoms with Gasteiger partial charge in [0, 0.05) is 37.7 Å². The first kappa shape index (κ1) is 26.1. The van der Waals surface area contributed by atoms with Crippen LogP contribution in [-0.4, -0.2) is 79.3 Å². The maximum absolute atomic E-state index is 13.1. The zero-order valence-corrected chi connectivity index (χ0v) is 20.8. The number of carbonyl (C=O) groups is 2. The molecule has 2 aromatic carbocycles. The zero-order chi connectivity index (χ0) is 23.6. The van der Waals surface area contributed by atoms with Gasteiger partial charge < -0.3 is 20.1 Å². The molecule has 2 saturated heterocycles. The van der Waals surface area contributed by atoms with Gasteiger partial charge in [-0.1, -0.05) is 35.9 Å². The SMILES string of the molecule is COc1ccccc1N1CCN(CC(O)CN2C(=O)NC(C)(c3ccc(Cl)cc3)C2=O)CC1.Cl. The van der Waals surface area contributed by atoms with Gasteiger partial charge in [-0.05, 0) is 36.8 Å². The van der Waals surface area contributed by atoms with E-state index in [0.29, 0.717) is 17.1 Å². The summed E-state index contributed by atoms with van der Waals surface area (Å²) in [6.07, 6.45) is -0.843. The molecule has 2 N–H and O–H groups in total. The van der Waals surface area contributed by atoms with Crippen LogP contribution in [0.3, 0.4) is 0 Å². The van der Waals surface area contributed by atoms with Crippen molar-refractivity contribution in [2.24, 2.45) is 0 Å². The van der Waals surface area contributed by atoms with E-state index in [2.05, 4.69) is 15.1 Å². The maximum atomic E-state index is 13.1. The largest absolute Gasteiger partial charge is 0.495 e. The van der Waals surface area contributed by atoms with Crippen molar-refractivity contribution >= 4 is 41.6 Å². The van der Waals surface area contributed by atoms with Crippen molar-refractivity contribution in [3.05, 3.63) is 59.1 Å². The smallest absolute Gasteiger partial charge is 0.325 e. The first-order valence-corrected chi connectivity index (χ1v) is 11.4. The molecule has 34 heavy (non-hydrogen) atoms. The van der Waals surface area contributed by atoms with E-state index in [1.54, 1.807) is 38.3 Å². The highest BCUT2D eigenvalue weighted by molar-refractivity contribution is 6.30. The number of para-hydroxylation sites is 2. The molecular formula is C24H30Cl2N4O4. The first-order valence-electron chi connectivity index (χ1n) is 11.0. The summed E-state index contributed by atoms with van der Waals surface area (Å²) in [5.74, 6) is 0.461. The summed E-state index contributed by atoms with van der Waals surface area (Å²) in [5.41, 5.74) is 0.526. The second-order valence-electron chi connectivity index (χ2n) is 8.59. The number of benzene rings is 2. The number of imide groups is 1. The summed E-state index contributed by atoms with van der Waals surface area (Å²) in [4.78, 5) is 31.1. The fraction of sp³-hybridized carbons (Fsp3) is 0.417. The van der Waals surface area contributed by atoms with Crippen LogP contribution in [-0.2, 0) is 10.3 Å². The average Bonchev–Trinajstić information content (AvgIpc) is 3.03. The number of hydrogen-bond donors (Lipinski definition) is 2. The third-order valence-electron chi connectivity index (χ3n) is 6.36. The van der Waals surface area contributed by atoms with E-state index in [0.717, 1.165) is 42.5 Å². The summed E-state index contributed by atoms with van der Waals surface area (Å²) >= 11 is 5.95. The van der Waals surface area contributed by atoms with E-state index in [-0.39, 0.29) is 24.9 Å². The fourth-order valence-electron chi connectivity index (χ4n) is 4.47. The lowest BCUT2D eigenvalue weighted by Crippen LogP contribution is -2.50. The number of methoxy groups -OCH3 is 1. The summed E-state index contributed by atoms with van der Waals surface area (Å²) in [6, 6.07) is 14.2. The zero-order valence-electron chi connectivity index (χ0n) is 19.2. The van der Waals surface area contributed by atoms with Crippen LogP contribution in [0.2, 0.25) is 5.02 Å². The van der Waals surface area contributed by atoms with Crippen LogP contribution in [0.25, 0.3) is 0 Å². The standard InChI is InChI=1S/C24H29ClN4O4.ClH/c1-24(17-7-9-18(25)10-8-17)22(31)29(23(32)26-24)16-19(30)15-27-11-13-28(14-12-27)20-5-3-4-6-21(20)33-2;/h3-10,19,30H,11-16H2,1-2H3,(H,26,32);1H. The third-order valence-corrected chi connectivity index (χ3v) is 6.61. The molecule has 2 atom stereocenters. The second kappa shape index (κ2) is 10.8. The van der Waals surface area contributed by atoms with Crippen molar-refractivity contribution in [1.82, 2.24) is 15.1 Å². The minimum absolute atomic E-state index is 0. The Morgan fingerprint density at radius 1 is 1.06 bits per heavy atom. The van der Waals surface area contributed by atoms with E-state index >= 15 is 0 Å². The molecule has 10 heteroatoms. The molecular weight excluding hydrogens is 479 g/mol. The number of aliphatic hydroxyl groups excluding tert-OH is 1. The highest BCUT2D eigenvalue weighted by atomic mass is 35.5.